The van der Waals surface area contributed by atoms with E-state index in [0.29, 0.717) is 13.2 Å². The summed E-state index contributed by atoms with van der Waals surface area (Å²) in [6.07, 6.45) is 3.81. The van der Waals surface area contributed by atoms with Crippen molar-refractivity contribution in [2.45, 2.75) is 31.9 Å². The number of hydrogen-bond donors (Lipinski definition) is 0. The maximum Gasteiger partial charge on any atom is 0.123 e. The highest BCUT2D eigenvalue weighted by Crippen LogP contribution is 2.31. The summed E-state index contributed by atoms with van der Waals surface area (Å²) in [5.41, 5.74) is 2.35. The number of piperidine rings is 1. The van der Waals surface area contributed by atoms with Gasteiger partial charge in [-0.15, -0.1) is 0 Å². The maximum atomic E-state index is 13.1. The second-order valence-electron chi connectivity index (χ2n) is 7.32. The quantitative estimate of drug-likeness (QED) is 0.555. The van der Waals surface area contributed by atoms with Gasteiger partial charge in [0.2, 0.25) is 0 Å². The predicted octanol–water partition coefficient (Wildman–Crippen LogP) is 5.72. The van der Waals surface area contributed by atoms with E-state index in [0.717, 1.165) is 18.7 Å². The standard InChI is InChI=1S/C24H26FNO/c25-21-13-11-19(12-14-21)17-27-18-24(26-15-4-1-5-16-26)23-10-6-8-20-7-2-3-9-22(20)23/h2-3,6-14,24H,1,4-5,15-18H2. The van der Waals surface area contributed by atoms with E-state index in [4.69, 9.17) is 4.74 Å². The van der Waals surface area contributed by atoms with Crippen LogP contribution in [-0.2, 0) is 11.3 Å². The van der Waals surface area contributed by atoms with Gasteiger partial charge in [-0.3, -0.25) is 4.90 Å². The van der Waals surface area contributed by atoms with Gasteiger partial charge in [0, 0.05) is 0 Å². The van der Waals surface area contributed by atoms with Crippen molar-refractivity contribution in [2.24, 2.45) is 0 Å². The van der Waals surface area contributed by atoms with Gasteiger partial charge in [-0.05, 0) is 60.0 Å². The van der Waals surface area contributed by atoms with Crippen LogP contribution in [0.3, 0.4) is 0 Å². The van der Waals surface area contributed by atoms with E-state index in [9.17, 15) is 4.39 Å². The lowest BCUT2D eigenvalue weighted by molar-refractivity contribution is 0.0418. The van der Waals surface area contributed by atoms with Crippen LogP contribution >= 0.6 is 0 Å². The lowest BCUT2D eigenvalue weighted by atomic mass is 9.96. The molecule has 3 aromatic carbocycles. The SMILES string of the molecule is Fc1ccc(COCC(c2cccc3ccccc23)N2CCCCC2)cc1. The van der Waals surface area contributed by atoms with Crippen LogP contribution in [-0.4, -0.2) is 24.6 Å². The first-order valence-electron chi connectivity index (χ1n) is 9.85. The zero-order valence-electron chi connectivity index (χ0n) is 15.6. The average Bonchev–Trinajstić information content (AvgIpc) is 2.73. The molecule has 1 unspecified atom stereocenters. The number of nitrogens with zero attached hydrogens (tertiary/aromatic N) is 1. The van der Waals surface area contributed by atoms with Crippen molar-refractivity contribution >= 4 is 10.8 Å². The monoisotopic (exact) mass is 363 g/mol. The van der Waals surface area contributed by atoms with E-state index in [-0.39, 0.29) is 11.9 Å². The molecule has 4 rings (SSSR count). The molecule has 140 valence electrons. The molecule has 1 atom stereocenters. The molecule has 0 aromatic heterocycles. The summed E-state index contributed by atoms with van der Waals surface area (Å²) < 4.78 is 19.2. The van der Waals surface area contributed by atoms with Gasteiger partial charge < -0.3 is 4.74 Å². The van der Waals surface area contributed by atoms with E-state index in [1.54, 1.807) is 12.1 Å². The topological polar surface area (TPSA) is 12.5 Å². The molecule has 27 heavy (non-hydrogen) atoms. The fraction of sp³-hybridized carbons (Fsp3) is 0.333. The maximum absolute atomic E-state index is 13.1. The average molecular weight is 363 g/mol. The van der Waals surface area contributed by atoms with Gasteiger partial charge in [0.15, 0.2) is 0 Å². The molecule has 0 N–H and O–H groups in total. The Morgan fingerprint density at radius 1 is 0.852 bits per heavy atom. The van der Waals surface area contributed by atoms with Crippen LogP contribution in [0.4, 0.5) is 4.39 Å². The highest BCUT2D eigenvalue weighted by Gasteiger charge is 2.24. The van der Waals surface area contributed by atoms with Crippen LogP contribution in [0.1, 0.15) is 36.4 Å². The van der Waals surface area contributed by atoms with Gasteiger partial charge >= 0.3 is 0 Å². The minimum Gasteiger partial charge on any atom is -0.375 e. The normalized spacial score (nSPS) is 16.5. The third-order valence-corrected chi connectivity index (χ3v) is 5.47. The van der Waals surface area contributed by atoms with Gasteiger partial charge in [0.1, 0.15) is 5.82 Å². The van der Waals surface area contributed by atoms with Crippen LogP contribution in [0.5, 0.6) is 0 Å². The van der Waals surface area contributed by atoms with Crippen LogP contribution in [0.25, 0.3) is 10.8 Å². The Bertz CT molecular complexity index is 866. The first-order chi connectivity index (χ1) is 13.3. The van der Waals surface area contributed by atoms with Crippen molar-refractivity contribution in [3.05, 3.63) is 83.7 Å². The summed E-state index contributed by atoms with van der Waals surface area (Å²) in [6.45, 7) is 3.39. The fourth-order valence-electron chi connectivity index (χ4n) is 4.03. The minimum absolute atomic E-state index is 0.208. The highest BCUT2D eigenvalue weighted by molar-refractivity contribution is 5.86. The van der Waals surface area contributed by atoms with Gasteiger partial charge in [-0.2, -0.15) is 0 Å². The summed E-state index contributed by atoms with van der Waals surface area (Å²) in [6, 6.07) is 22.0. The lowest BCUT2D eigenvalue weighted by Gasteiger charge is -2.35. The van der Waals surface area contributed by atoms with Crippen molar-refractivity contribution in [3.63, 3.8) is 0 Å². The Morgan fingerprint density at radius 3 is 2.41 bits per heavy atom. The smallest absolute Gasteiger partial charge is 0.123 e. The van der Waals surface area contributed by atoms with E-state index in [1.165, 1.54) is 47.7 Å². The Kier molecular flexibility index (Phi) is 5.81. The molecule has 2 nitrogen and oxygen atoms in total. The lowest BCUT2D eigenvalue weighted by Crippen LogP contribution is -2.36. The Labute approximate surface area is 160 Å². The van der Waals surface area contributed by atoms with Gasteiger partial charge in [-0.1, -0.05) is 61.0 Å². The van der Waals surface area contributed by atoms with E-state index >= 15 is 0 Å². The predicted molar refractivity (Wildman–Crippen MR) is 108 cm³/mol. The second kappa shape index (κ2) is 8.64. The number of halogens is 1. The van der Waals surface area contributed by atoms with Crippen molar-refractivity contribution in [1.82, 2.24) is 4.90 Å². The molecular formula is C24H26FNO. The molecule has 0 spiro atoms. The van der Waals surface area contributed by atoms with Gasteiger partial charge in [0.25, 0.3) is 0 Å². The first-order valence-corrected chi connectivity index (χ1v) is 9.85. The van der Waals surface area contributed by atoms with Gasteiger partial charge in [-0.25, -0.2) is 4.39 Å². The minimum atomic E-state index is -0.208. The van der Waals surface area contributed by atoms with Gasteiger partial charge in [0.05, 0.1) is 19.3 Å². The Balaban J connectivity index is 1.55. The molecular weight excluding hydrogens is 337 g/mol. The van der Waals surface area contributed by atoms with E-state index in [1.807, 2.05) is 0 Å². The zero-order chi connectivity index (χ0) is 18.5. The summed E-state index contributed by atoms with van der Waals surface area (Å²) >= 11 is 0. The van der Waals surface area contributed by atoms with Crippen LogP contribution in [0.2, 0.25) is 0 Å². The number of rotatable bonds is 6. The van der Waals surface area contributed by atoms with Crippen molar-refractivity contribution in [2.75, 3.05) is 19.7 Å². The van der Waals surface area contributed by atoms with Crippen LogP contribution in [0, 0.1) is 5.82 Å². The van der Waals surface area contributed by atoms with Crippen molar-refractivity contribution < 1.29 is 9.13 Å². The fourth-order valence-corrected chi connectivity index (χ4v) is 4.03. The Morgan fingerprint density at radius 2 is 1.59 bits per heavy atom. The summed E-state index contributed by atoms with van der Waals surface area (Å²) in [4.78, 5) is 2.57. The summed E-state index contributed by atoms with van der Waals surface area (Å²) in [5.74, 6) is -0.208. The molecule has 0 saturated carbocycles. The van der Waals surface area contributed by atoms with E-state index < -0.39 is 0 Å². The first kappa shape index (κ1) is 18.1. The molecule has 0 radical (unpaired) electrons. The molecule has 1 aliphatic rings. The molecule has 1 fully saturated rings. The molecule has 3 aromatic rings. The van der Waals surface area contributed by atoms with E-state index in [2.05, 4.69) is 47.4 Å². The molecule has 1 aliphatic heterocycles. The van der Waals surface area contributed by atoms with Crippen molar-refractivity contribution in [1.29, 1.82) is 0 Å². The largest absolute Gasteiger partial charge is 0.375 e. The van der Waals surface area contributed by atoms with Crippen LogP contribution < -0.4 is 0 Å². The number of likely N-dealkylation sites (tertiary alicyclic amines) is 1. The molecule has 0 aliphatic carbocycles. The van der Waals surface area contributed by atoms with Crippen LogP contribution in [0.15, 0.2) is 66.7 Å². The zero-order valence-corrected chi connectivity index (χ0v) is 15.6. The molecule has 0 amide bonds. The summed E-state index contributed by atoms with van der Waals surface area (Å²) in [5, 5.41) is 2.58. The van der Waals surface area contributed by atoms with Crippen molar-refractivity contribution in [3.8, 4) is 0 Å². The third kappa shape index (κ3) is 4.37. The third-order valence-electron chi connectivity index (χ3n) is 5.47. The molecule has 1 saturated heterocycles. The molecule has 3 heteroatoms. The molecule has 1 heterocycles. The number of hydrogen-bond acceptors (Lipinski definition) is 2. The highest BCUT2D eigenvalue weighted by atomic mass is 19.1. The number of benzene rings is 3. The summed E-state index contributed by atoms with van der Waals surface area (Å²) in [7, 11) is 0. The second-order valence-corrected chi connectivity index (χ2v) is 7.32. The number of fused-ring (bicyclic) bond motifs is 1. The Hall–Kier alpha value is -2.23. The number of ether oxygens (including phenoxy) is 1. The molecule has 0 bridgehead atoms.